The molecule has 0 aromatic carbocycles. The Morgan fingerprint density at radius 1 is 1.35 bits per heavy atom. The van der Waals surface area contributed by atoms with Crippen LogP contribution in [0.15, 0.2) is 0 Å². The average molecular weight is 241 g/mol. The van der Waals surface area contributed by atoms with Gasteiger partial charge >= 0.3 is 5.97 Å². The van der Waals surface area contributed by atoms with Crippen molar-refractivity contribution in [3.8, 4) is 0 Å². The van der Waals surface area contributed by atoms with Crippen LogP contribution in [-0.2, 0) is 9.53 Å². The maximum absolute atomic E-state index is 12.1. The zero-order chi connectivity index (χ0) is 12.7. The topological polar surface area (TPSA) is 52.3 Å². The Balaban J connectivity index is 2.40. The Kier molecular flexibility index (Phi) is 5.96. The lowest BCUT2D eigenvalue weighted by molar-refractivity contribution is -0.158. The third-order valence-corrected chi connectivity index (χ3v) is 4.04. The van der Waals surface area contributed by atoms with Crippen LogP contribution in [0.25, 0.3) is 0 Å². The monoisotopic (exact) mass is 241 g/mol. The van der Waals surface area contributed by atoms with E-state index >= 15 is 0 Å². The quantitative estimate of drug-likeness (QED) is 0.574. The minimum Gasteiger partial charge on any atom is -0.465 e. The summed E-state index contributed by atoms with van der Waals surface area (Å²) in [5.74, 6) is 0.672. The minimum atomic E-state index is -0.376. The molecule has 0 radical (unpaired) electrons. The molecule has 0 aromatic heterocycles. The summed E-state index contributed by atoms with van der Waals surface area (Å²) < 4.78 is 5.39. The van der Waals surface area contributed by atoms with Gasteiger partial charge in [-0.2, -0.15) is 0 Å². The number of carbonyl (C=O) groups excluding carboxylic acids is 1. The first-order valence-electron chi connectivity index (χ1n) is 7.02. The first kappa shape index (κ1) is 14.5. The number of hydrogen-bond acceptors (Lipinski definition) is 3. The SMILES string of the molecule is CCCCCOC(=O)C1(CN)CCC(C)CC1. The highest BCUT2D eigenvalue weighted by molar-refractivity contribution is 5.77. The van der Waals surface area contributed by atoms with Crippen molar-refractivity contribution in [1.82, 2.24) is 0 Å². The molecule has 1 rings (SSSR count). The van der Waals surface area contributed by atoms with Crippen LogP contribution in [-0.4, -0.2) is 19.1 Å². The predicted octanol–water partition coefficient (Wildman–Crippen LogP) is 2.88. The molecule has 1 aliphatic rings. The van der Waals surface area contributed by atoms with E-state index in [1.807, 2.05) is 0 Å². The normalized spacial score (nSPS) is 29.0. The van der Waals surface area contributed by atoms with Crippen LogP contribution >= 0.6 is 0 Å². The summed E-state index contributed by atoms with van der Waals surface area (Å²) in [6, 6.07) is 0. The molecule has 0 aromatic rings. The van der Waals surface area contributed by atoms with Gasteiger partial charge in [-0.05, 0) is 38.0 Å². The molecule has 0 spiro atoms. The molecule has 0 atom stereocenters. The van der Waals surface area contributed by atoms with Crippen LogP contribution in [0.4, 0.5) is 0 Å². The second-order valence-corrected chi connectivity index (χ2v) is 5.51. The molecule has 100 valence electrons. The summed E-state index contributed by atoms with van der Waals surface area (Å²) in [4.78, 5) is 12.1. The number of rotatable bonds is 6. The van der Waals surface area contributed by atoms with E-state index in [9.17, 15) is 4.79 Å². The van der Waals surface area contributed by atoms with Crippen molar-refractivity contribution in [3.63, 3.8) is 0 Å². The standard InChI is InChI=1S/C14H27NO2/c1-3-4-5-10-17-13(16)14(11-15)8-6-12(2)7-9-14/h12H,3-11,15H2,1-2H3. The van der Waals surface area contributed by atoms with Gasteiger partial charge in [0, 0.05) is 6.54 Å². The summed E-state index contributed by atoms with van der Waals surface area (Å²) in [7, 11) is 0. The number of ether oxygens (including phenoxy) is 1. The van der Waals surface area contributed by atoms with E-state index in [4.69, 9.17) is 10.5 Å². The van der Waals surface area contributed by atoms with E-state index in [1.54, 1.807) is 0 Å². The van der Waals surface area contributed by atoms with Crippen molar-refractivity contribution < 1.29 is 9.53 Å². The fraction of sp³-hybridized carbons (Fsp3) is 0.929. The zero-order valence-electron chi connectivity index (χ0n) is 11.3. The van der Waals surface area contributed by atoms with Crippen LogP contribution in [0.1, 0.15) is 58.8 Å². The van der Waals surface area contributed by atoms with Crippen LogP contribution in [0.3, 0.4) is 0 Å². The smallest absolute Gasteiger partial charge is 0.313 e. The molecule has 0 amide bonds. The van der Waals surface area contributed by atoms with Gasteiger partial charge in [-0.15, -0.1) is 0 Å². The van der Waals surface area contributed by atoms with Crippen LogP contribution < -0.4 is 5.73 Å². The molecule has 0 unspecified atom stereocenters. The largest absolute Gasteiger partial charge is 0.465 e. The summed E-state index contributed by atoms with van der Waals surface area (Å²) in [6.07, 6.45) is 7.24. The number of nitrogens with two attached hydrogens (primary N) is 1. The number of unbranched alkanes of at least 4 members (excludes halogenated alkanes) is 2. The zero-order valence-corrected chi connectivity index (χ0v) is 11.3. The fourth-order valence-corrected chi connectivity index (χ4v) is 2.48. The van der Waals surface area contributed by atoms with E-state index in [-0.39, 0.29) is 11.4 Å². The highest BCUT2D eigenvalue weighted by Crippen LogP contribution is 2.39. The maximum atomic E-state index is 12.1. The Morgan fingerprint density at radius 3 is 2.53 bits per heavy atom. The summed E-state index contributed by atoms with van der Waals surface area (Å²) in [5.41, 5.74) is 5.44. The number of esters is 1. The number of carbonyl (C=O) groups is 1. The molecular weight excluding hydrogens is 214 g/mol. The molecule has 17 heavy (non-hydrogen) atoms. The van der Waals surface area contributed by atoms with Gasteiger partial charge in [0.1, 0.15) is 0 Å². The molecule has 3 heteroatoms. The molecule has 2 N–H and O–H groups in total. The summed E-state index contributed by atoms with van der Waals surface area (Å²) in [6.45, 7) is 5.38. The highest BCUT2D eigenvalue weighted by Gasteiger charge is 2.41. The van der Waals surface area contributed by atoms with Crippen molar-refractivity contribution >= 4 is 5.97 Å². The lowest BCUT2D eigenvalue weighted by Crippen LogP contribution is -2.42. The molecule has 0 bridgehead atoms. The van der Waals surface area contributed by atoms with Crippen LogP contribution in [0.2, 0.25) is 0 Å². The molecule has 1 aliphatic carbocycles. The van der Waals surface area contributed by atoms with Crippen molar-refractivity contribution in [1.29, 1.82) is 0 Å². The molecule has 0 saturated heterocycles. The van der Waals surface area contributed by atoms with E-state index in [0.717, 1.165) is 50.9 Å². The fourth-order valence-electron chi connectivity index (χ4n) is 2.48. The van der Waals surface area contributed by atoms with Gasteiger partial charge in [0.25, 0.3) is 0 Å². The van der Waals surface area contributed by atoms with Gasteiger partial charge in [0.05, 0.1) is 12.0 Å². The summed E-state index contributed by atoms with van der Waals surface area (Å²) >= 11 is 0. The van der Waals surface area contributed by atoms with Gasteiger partial charge in [-0.1, -0.05) is 26.7 Å². The maximum Gasteiger partial charge on any atom is 0.313 e. The average Bonchev–Trinajstić information content (AvgIpc) is 2.36. The van der Waals surface area contributed by atoms with Crippen molar-refractivity contribution in [2.24, 2.45) is 17.1 Å². The van der Waals surface area contributed by atoms with E-state index in [1.165, 1.54) is 0 Å². The minimum absolute atomic E-state index is 0.0528. The van der Waals surface area contributed by atoms with E-state index < -0.39 is 0 Å². The molecule has 1 saturated carbocycles. The molecular formula is C14H27NO2. The van der Waals surface area contributed by atoms with Gasteiger partial charge < -0.3 is 10.5 Å². The van der Waals surface area contributed by atoms with Gasteiger partial charge in [-0.3, -0.25) is 4.79 Å². The van der Waals surface area contributed by atoms with Crippen LogP contribution in [0.5, 0.6) is 0 Å². The molecule has 0 aliphatic heterocycles. The molecule has 1 fully saturated rings. The molecule has 3 nitrogen and oxygen atoms in total. The lowest BCUT2D eigenvalue weighted by atomic mass is 9.71. The Morgan fingerprint density at radius 2 is 2.00 bits per heavy atom. The number of hydrogen-bond donors (Lipinski definition) is 1. The van der Waals surface area contributed by atoms with E-state index in [0.29, 0.717) is 13.2 Å². The Labute approximate surface area is 105 Å². The third-order valence-electron chi connectivity index (χ3n) is 4.04. The van der Waals surface area contributed by atoms with Gasteiger partial charge in [-0.25, -0.2) is 0 Å². The second kappa shape index (κ2) is 7.00. The predicted molar refractivity (Wildman–Crippen MR) is 69.6 cm³/mol. The highest BCUT2D eigenvalue weighted by atomic mass is 16.5. The molecule has 0 heterocycles. The van der Waals surface area contributed by atoms with Gasteiger partial charge in [0.2, 0.25) is 0 Å². The lowest BCUT2D eigenvalue weighted by Gasteiger charge is -2.36. The van der Waals surface area contributed by atoms with Crippen LogP contribution in [0, 0.1) is 11.3 Å². The first-order chi connectivity index (χ1) is 8.14. The van der Waals surface area contributed by atoms with E-state index in [2.05, 4.69) is 13.8 Å². The van der Waals surface area contributed by atoms with Crippen molar-refractivity contribution in [2.45, 2.75) is 58.8 Å². The first-order valence-corrected chi connectivity index (χ1v) is 7.02. The Hall–Kier alpha value is -0.570. The van der Waals surface area contributed by atoms with Crippen molar-refractivity contribution in [2.75, 3.05) is 13.2 Å². The Bertz CT molecular complexity index is 232. The summed E-state index contributed by atoms with van der Waals surface area (Å²) in [5, 5.41) is 0. The van der Waals surface area contributed by atoms with Gasteiger partial charge in [0.15, 0.2) is 0 Å². The van der Waals surface area contributed by atoms with Crippen molar-refractivity contribution in [3.05, 3.63) is 0 Å². The second-order valence-electron chi connectivity index (χ2n) is 5.51. The third kappa shape index (κ3) is 3.98.